The topological polar surface area (TPSA) is 60.9 Å². The molecule has 3 aliphatic rings. The number of allylic oxidation sites excluding steroid dienone is 2. The van der Waals surface area contributed by atoms with Crippen LogP contribution in [0.1, 0.15) is 50.7 Å². The van der Waals surface area contributed by atoms with E-state index >= 15 is 0 Å². The van der Waals surface area contributed by atoms with Gasteiger partial charge in [0.2, 0.25) is 17.7 Å². The lowest BCUT2D eigenvalue weighted by molar-refractivity contribution is -0.152. The van der Waals surface area contributed by atoms with E-state index in [-0.39, 0.29) is 35.5 Å². The van der Waals surface area contributed by atoms with E-state index in [2.05, 4.69) is 36.1 Å². The molecule has 0 spiro atoms. The molecule has 0 N–H and O–H groups in total. The second-order valence-electron chi connectivity index (χ2n) is 10.3. The van der Waals surface area contributed by atoms with Crippen molar-refractivity contribution in [3.05, 3.63) is 47.5 Å². The third kappa shape index (κ3) is 5.21. The Bertz CT molecular complexity index is 882. The summed E-state index contributed by atoms with van der Waals surface area (Å²) in [7, 11) is 0. The van der Waals surface area contributed by atoms with Crippen molar-refractivity contribution in [1.29, 1.82) is 0 Å². The zero-order chi connectivity index (χ0) is 23.5. The Hall–Kier alpha value is -2.47. The molecule has 3 atom stereocenters. The van der Waals surface area contributed by atoms with Gasteiger partial charge in [0.05, 0.1) is 11.8 Å². The van der Waals surface area contributed by atoms with E-state index < -0.39 is 6.04 Å². The Labute approximate surface area is 197 Å². The predicted octanol–water partition coefficient (Wildman–Crippen LogP) is 3.40. The molecular formula is C27H37N3O3. The summed E-state index contributed by atoms with van der Waals surface area (Å²) < 4.78 is 0. The highest BCUT2D eigenvalue weighted by Crippen LogP contribution is 2.37. The Morgan fingerprint density at radius 3 is 2.18 bits per heavy atom. The monoisotopic (exact) mass is 451 g/mol. The van der Waals surface area contributed by atoms with Crippen LogP contribution in [0.25, 0.3) is 0 Å². The van der Waals surface area contributed by atoms with Gasteiger partial charge in [-0.15, -0.1) is 0 Å². The van der Waals surface area contributed by atoms with Crippen LogP contribution in [-0.4, -0.2) is 64.6 Å². The number of imide groups is 1. The average molecular weight is 452 g/mol. The highest BCUT2D eigenvalue weighted by Gasteiger charge is 2.51. The van der Waals surface area contributed by atoms with Crippen LogP contribution in [0.3, 0.4) is 0 Å². The van der Waals surface area contributed by atoms with Crippen LogP contribution in [-0.2, 0) is 20.9 Å². The van der Waals surface area contributed by atoms with Gasteiger partial charge in [-0.25, -0.2) is 0 Å². The lowest BCUT2D eigenvalue weighted by atomic mass is 9.85. The molecule has 1 aromatic rings. The molecule has 0 radical (unpaired) electrons. The van der Waals surface area contributed by atoms with E-state index in [4.69, 9.17) is 0 Å². The van der Waals surface area contributed by atoms with E-state index in [9.17, 15) is 14.4 Å². The molecular weight excluding hydrogens is 414 g/mol. The van der Waals surface area contributed by atoms with Crippen molar-refractivity contribution >= 4 is 17.7 Å². The first kappa shape index (κ1) is 23.7. The largest absolute Gasteiger partial charge is 0.340 e. The molecule has 6 heteroatoms. The van der Waals surface area contributed by atoms with E-state index in [1.807, 2.05) is 30.9 Å². The van der Waals surface area contributed by atoms with E-state index in [1.165, 1.54) is 16.0 Å². The SMILES string of the molecule is Cc1ccc(CN2CCCN(C(=O)C(CC(C)C)N3C(=O)C4CC=CCC4C3=O)CC2)cc1. The van der Waals surface area contributed by atoms with Crippen molar-refractivity contribution in [2.24, 2.45) is 17.8 Å². The number of hydrogen-bond donors (Lipinski definition) is 0. The number of nitrogens with zero attached hydrogens (tertiary/aromatic N) is 3. The first-order valence-corrected chi connectivity index (χ1v) is 12.4. The van der Waals surface area contributed by atoms with Crippen molar-refractivity contribution in [3.8, 4) is 0 Å². The molecule has 1 aromatic carbocycles. The lowest BCUT2D eigenvalue weighted by Gasteiger charge is -2.32. The zero-order valence-electron chi connectivity index (χ0n) is 20.2. The summed E-state index contributed by atoms with van der Waals surface area (Å²) in [6, 6.07) is 7.92. The van der Waals surface area contributed by atoms with Crippen LogP contribution >= 0.6 is 0 Å². The van der Waals surface area contributed by atoms with E-state index in [0.717, 1.165) is 26.1 Å². The van der Waals surface area contributed by atoms with Crippen LogP contribution in [0, 0.1) is 24.7 Å². The fourth-order valence-electron chi connectivity index (χ4n) is 5.41. The summed E-state index contributed by atoms with van der Waals surface area (Å²) in [5, 5.41) is 0. The van der Waals surface area contributed by atoms with Gasteiger partial charge >= 0.3 is 0 Å². The molecule has 4 rings (SSSR count). The first-order valence-electron chi connectivity index (χ1n) is 12.4. The second kappa shape index (κ2) is 10.2. The summed E-state index contributed by atoms with van der Waals surface area (Å²) in [5.74, 6) is -0.731. The van der Waals surface area contributed by atoms with Crippen LogP contribution in [0.5, 0.6) is 0 Å². The Morgan fingerprint density at radius 2 is 1.58 bits per heavy atom. The quantitative estimate of drug-likeness (QED) is 0.491. The average Bonchev–Trinajstić information content (AvgIpc) is 2.94. The van der Waals surface area contributed by atoms with Crippen molar-refractivity contribution < 1.29 is 14.4 Å². The maximum atomic E-state index is 13.7. The highest BCUT2D eigenvalue weighted by molar-refractivity contribution is 6.08. The predicted molar refractivity (Wildman–Crippen MR) is 128 cm³/mol. The maximum absolute atomic E-state index is 13.7. The minimum Gasteiger partial charge on any atom is -0.340 e. The van der Waals surface area contributed by atoms with Crippen LogP contribution in [0.4, 0.5) is 0 Å². The van der Waals surface area contributed by atoms with Crippen LogP contribution in [0.2, 0.25) is 0 Å². The Kier molecular flexibility index (Phi) is 7.32. The summed E-state index contributed by atoms with van der Waals surface area (Å²) in [4.78, 5) is 45.7. The minimum atomic E-state index is -0.681. The third-order valence-corrected chi connectivity index (χ3v) is 7.26. The number of carbonyl (C=O) groups is 3. The zero-order valence-corrected chi connectivity index (χ0v) is 20.2. The smallest absolute Gasteiger partial charge is 0.245 e. The molecule has 0 saturated carbocycles. The number of hydrogen-bond acceptors (Lipinski definition) is 4. The molecule has 0 aromatic heterocycles. The van der Waals surface area contributed by atoms with Crippen molar-refractivity contribution in [2.75, 3.05) is 26.2 Å². The molecule has 2 fully saturated rings. The number of aryl methyl sites for hydroxylation is 1. The lowest BCUT2D eigenvalue weighted by Crippen LogP contribution is -2.52. The van der Waals surface area contributed by atoms with Crippen molar-refractivity contribution in [3.63, 3.8) is 0 Å². The van der Waals surface area contributed by atoms with E-state index in [0.29, 0.717) is 32.4 Å². The van der Waals surface area contributed by atoms with Crippen LogP contribution in [0.15, 0.2) is 36.4 Å². The fraction of sp³-hybridized carbons (Fsp3) is 0.593. The van der Waals surface area contributed by atoms with Gasteiger partial charge in [-0.05, 0) is 44.1 Å². The summed E-state index contributed by atoms with van der Waals surface area (Å²) >= 11 is 0. The molecule has 6 nitrogen and oxygen atoms in total. The normalized spacial score (nSPS) is 24.8. The minimum absolute atomic E-state index is 0.0609. The second-order valence-corrected chi connectivity index (χ2v) is 10.3. The Balaban J connectivity index is 1.45. The molecule has 3 unspecified atom stereocenters. The molecule has 33 heavy (non-hydrogen) atoms. The summed E-state index contributed by atoms with van der Waals surface area (Å²) in [5.41, 5.74) is 2.53. The summed E-state index contributed by atoms with van der Waals surface area (Å²) in [6.45, 7) is 10.1. The fourth-order valence-corrected chi connectivity index (χ4v) is 5.41. The molecule has 2 aliphatic heterocycles. The Morgan fingerprint density at radius 1 is 0.939 bits per heavy atom. The van der Waals surface area contributed by atoms with Gasteiger partial charge in [-0.3, -0.25) is 24.2 Å². The standard InChI is InChI=1S/C27H37N3O3/c1-19(2)17-24(30-25(31)22-7-4-5-8-23(22)26(30)32)27(33)29-14-6-13-28(15-16-29)18-21-11-9-20(3)10-12-21/h4-5,9-12,19,22-24H,6-8,13-18H2,1-3H3. The number of benzene rings is 1. The van der Waals surface area contributed by atoms with Crippen LogP contribution < -0.4 is 0 Å². The maximum Gasteiger partial charge on any atom is 0.245 e. The first-order chi connectivity index (χ1) is 15.8. The summed E-state index contributed by atoms with van der Waals surface area (Å²) in [6.07, 6.45) is 6.60. The molecule has 178 valence electrons. The number of amides is 3. The van der Waals surface area contributed by atoms with Gasteiger partial charge < -0.3 is 4.90 Å². The molecule has 2 heterocycles. The number of likely N-dealkylation sites (tertiary alicyclic amines) is 1. The number of fused-ring (bicyclic) bond motifs is 1. The highest BCUT2D eigenvalue weighted by atomic mass is 16.2. The van der Waals surface area contributed by atoms with Gasteiger partial charge in [0, 0.05) is 32.7 Å². The molecule has 3 amide bonds. The van der Waals surface area contributed by atoms with E-state index in [1.54, 1.807) is 0 Å². The van der Waals surface area contributed by atoms with Gasteiger partial charge in [0.1, 0.15) is 6.04 Å². The third-order valence-electron chi connectivity index (χ3n) is 7.26. The molecule has 0 bridgehead atoms. The van der Waals surface area contributed by atoms with Crippen molar-refractivity contribution in [1.82, 2.24) is 14.7 Å². The van der Waals surface area contributed by atoms with Gasteiger partial charge in [-0.2, -0.15) is 0 Å². The number of carbonyl (C=O) groups excluding carboxylic acids is 3. The molecule has 2 saturated heterocycles. The molecule has 1 aliphatic carbocycles. The van der Waals surface area contributed by atoms with Gasteiger partial charge in [0.25, 0.3) is 0 Å². The van der Waals surface area contributed by atoms with Gasteiger partial charge in [-0.1, -0.05) is 55.8 Å². The number of rotatable bonds is 6. The van der Waals surface area contributed by atoms with Crippen molar-refractivity contribution in [2.45, 2.75) is 59.0 Å². The van der Waals surface area contributed by atoms with Gasteiger partial charge in [0.15, 0.2) is 0 Å².